The minimum atomic E-state index is -0.457. The number of nitrogens with zero attached hydrogens (tertiary/aromatic N) is 1. The van der Waals surface area contributed by atoms with Crippen LogP contribution in [0.1, 0.15) is 15.9 Å². The molecule has 3 rings (SSSR count). The normalized spacial score (nSPS) is 10.4. The predicted molar refractivity (Wildman–Crippen MR) is 123 cm³/mol. The van der Waals surface area contributed by atoms with Gasteiger partial charge in [-0.2, -0.15) is 0 Å². The van der Waals surface area contributed by atoms with E-state index in [1.807, 2.05) is 48.5 Å². The van der Waals surface area contributed by atoms with E-state index in [-0.39, 0.29) is 5.91 Å². The van der Waals surface area contributed by atoms with Crippen molar-refractivity contribution in [2.75, 3.05) is 24.4 Å². The summed E-state index contributed by atoms with van der Waals surface area (Å²) in [6, 6.07) is 22.2. The summed E-state index contributed by atoms with van der Waals surface area (Å²) in [6.07, 6.45) is -0.457. The van der Waals surface area contributed by atoms with Gasteiger partial charge in [0.25, 0.3) is 5.91 Å². The molecule has 0 saturated heterocycles. The first-order valence-electron chi connectivity index (χ1n) is 9.16. The van der Waals surface area contributed by atoms with Crippen LogP contribution < -0.4 is 10.2 Å². The van der Waals surface area contributed by atoms with Crippen molar-refractivity contribution in [3.05, 3.63) is 88.9 Å². The smallest absolute Gasteiger partial charge is 0.413 e. The van der Waals surface area contributed by atoms with Gasteiger partial charge in [-0.1, -0.05) is 23.7 Å². The van der Waals surface area contributed by atoms with E-state index >= 15 is 0 Å². The molecule has 0 aliphatic carbocycles. The van der Waals surface area contributed by atoms with Crippen molar-refractivity contribution in [1.82, 2.24) is 0 Å². The summed E-state index contributed by atoms with van der Waals surface area (Å²) in [6.45, 7) is 0. The molecule has 0 spiro atoms. The highest BCUT2D eigenvalue weighted by molar-refractivity contribution is 7.98. The molecule has 0 aliphatic heterocycles. The average Bonchev–Trinajstić information content (AvgIpc) is 2.78. The van der Waals surface area contributed by atoms with Crippen LogP contribution in [0.2, 0.25) is 5.02 Å². The topological polar surface area (TPSA) is 58.6 Å². The van der Waals surface area contributed by atoms with Gasteiger partial charge in [0.05, 0.1) is 7.11 Å². The van der Waals surface area contributed by atoms with Gasteiger partial charge in [-0.3, -0.25) is 9.69 Å². The number of carbonyl (C=O) groups excluding carboxylic acids is 2. The second-order valence-electron chi connectivity index (χ2n) is 6.47. The van der Waals surface area contributed by atoms with Crippen LogP contribution in [-0.4, -0.2) is 26.2 Å². The SMILES string of the molecule is COC(=O)N(C)c1ccc(NC(=O)c2ccc(CSc3ccc(Cl)cc3)cc2)cc1. The summed E-state index contributed by atoms with van der Waals surface area (Å²) in [4.78, 5) is 26.6. The fraction of sp³-hybridized carbons (Fsp3) is 0.130. The van der Waals surface area contributed by atoms with E-state index in [9.17, 15) is 9.59 Å². The van der Waals surface area contributed by atoms with Crippen LogP contribution in [0.4, 0.5) is 16.2 Å². The lowest BCUT2D eigenvalue weighted by Gasteiger charge is -2.16. The third kappa shape index (κ3) is 5.78. The van der Waals surface area contributed by atoms with E-state index in [0.717, 1.165) is 21.2 Å². The number of carbonyl (C=O) groups is 2. The van der Waals surface area contributed by atoms with Gasteiger partial charge in [0.1, 0.15) is 0 Å². The minimum Gasteiger partial charge on any atom is -0.452 e. The van der Waals surface area contributed by atoms with Gasteiger partial charge in [0.2, 0.25) is 0 Å². The molecule has 0 fully saturated rings. The molecule has 0 aliphatic rings. The molecule has 0 radical (unpaired) electrons. The number of ether oxygens (including phenoxy) is 1. The van der Waals surface area contributed by atoms with E-state index in [1.165, 1.54) is 12.0 Å². The molecule has 7 heteroatoms. The molecule has 3 aromatic carbocycles. The Morgan fingerprint density at radius 3 is 2.20 bits per heavy atom. The summed E-state index contributed by atoms with van der Waals surface area (Å²) < 4.78 is 4.69. The number of anilines is 2. The number of methoxy groups -OCH3 is 1. The maximum absolute atomic E-state index is 12.5. The Morgan fingerprint density at radius 2 is 1.60 bits per heavy atom. The zero-order valence-electron chi connectivity index (χ0n) is 16.6. The highest BCUT2D eigenvalue weighted by Crippen LogP contribution is 2.24. The van der Waals surface area contributed by atoms with Crippen molar-refractivity contribution >= 4 is 46.7 Å². The van der Waals surface area contributed by atoms with E-state index in [1.54, 1.807) is 43.1 Å². The molecule has 2 amide bonds. The molecule has 0 heterocycles. The van der Waals surface area contributed by atoms with Crippen LogP contribution in [0, 0.1) is 0 Å². The maximum Gasteiger partial charge on any atom is 0.413 e. The fourth-order valence-electron chi connectivity index (χ4n) is 2.66. The Morgan fingerprint density at radius 1 is 0.967 bits per heavy atom. The molecule has 0 aromatic heterocycles. The monoisotopic (exact) mass is 440 g/mol. The number of nitrogens with one attached hydrogen (secondary N) is 1. The second kappa shape index (κ2) is 10.2. The van der Waals surface area contributed by atoms with Crippen LogP contribution in [-0.2, 0) is 10.5 Å². The Balaban J connectivity index is 1.56. The van der Waals surface area contributed by atoms with Crippen LogP contribution in [0.25, 0.3) is 0 Å². The molecule has 0 unspecified atom stereocenters. The Kier molecular flexibility index (Phi) is 7.38. The summed E-state index contributed by atoms with van der Waals surface area (Å²) in [5.41, 5.74) is 3.01. The van der Waals surface area contributed by atoms with Crippen LogP contribution >= 0.6 is 23.4 Å². The standard InChI is InChI=1S/C23H21ClN2O3S/c1-26(23(28)29-2)20-11-9-19(10-12-20)25-22(27)17-5-3-16(4-6-17)15-30-21-13-7-18(24)8-14-21/h3-14H,15H2,1-2H3,(H,25,27). The number of hydrogen-bond acceptors (Lipinski definition) is 4. The molecule has 30 heavy (non-hydrogen) atoms. The Bertz CT molecular complexity index is 1010. The lowest BCUT2D eigenvalue weighted by Crippen LogP contribution is -2.25. The molecule has 5 nitrogen and oxygen atoms in total. The highest BCUT2D eigenvalue weighted by atomic mass is 35.5. The zero-order valence-corrected chi connectivity index (χ0v) is 18.2. The van der Waals surface area contributed by atoms with E-state index < -0.39 is 6.09 Å². The van der Waals surface area contributed by atoms with Crippen molar-refractivity contribution in [1.29, 1.82) is 0 Å². The van der Waals surface area contributed by atoms with Crippen LogP contribution in [0.3, 0.4) is 0 Å². The maximum atomic E-state index is 12.5. The first-order valence-corrected chi connectivity index (χ1v) is 10.5. The van der Waals surface area contributed by atoms with E-state index in [4.69, 9.17) is 11.6 Å². The van der Waals surface area contributed by atoms with Gasteiger partial charge in [-0.15, -0.1) is 11.8 Å². The molecule has 0 saturated carbocycles. The van der Waals surface area contributed by atoms with Gasteiger partial charge in [0, 0.05) is 39.7 Å². The van der Waals surface area contributed by atoms with Crippen LogP contribution in [0.5, 0.6) is 0 Å². The summed E-state index contributed by atoms with van der Waals surface area (Å²) in [5.74, 6) is 0.611. The number of amides is 2. The lowest BCUT2D eigenvalue weighted by atomic mass is 10.1. The van der Waals surface area contributed by atoms with Crippen molar-refractivity contribution in [2.45, 2.75) is 10.6 Å². The van der Waals surface area contributed by atoms with Crippen LogP contribution in [0.15, 0.2) is 77.7 Å². The summed E-state index contributed by atoms with van der Waals surface area (Å²) >= 11 is 7.62. The molecule has 154 valence electrons. The van der Waals surface area contributed by atoms with Crippen molar-refractivity contribution in [3.8, 4) is 0 Å². The third-order valence-electron chi connectivity index (χ3n) is 4.40. The van der Waals surface area contributed by atoms with Gasteiger partial charge in [-0.05, 0) is 66.2 Å². The van der Waals surface area contributed by atoms with Crippen molar-refractivity contribution in [2.24, 2.45) is 0 Å². The Hall–Kier alpha value is -2.96. The van der Waals surface area contributed by atoms with E-state index in [0.29, 0.717) is 16.9 Å². The highest BCUT2D eigenvalue weighted by Gasteiger charge is 2.11. The zero-order chi connectivity index (χ0) is 21.5. The molecule has 3 aromatic rings. The molecule has 0 atom stereocenters. The van der Waals surface area contributed by atoms with Gasteiger partial charge < -0.3 is 10.1 Å². The molecule has 1 N–H and O–H groups in total. The summed E-state index contributed by atoms with van der Waals surface area (Å²) in [7, 11) is 2.95. The lowest BCUT2D eigenvalue weighted by molar-refractivity contribution is 0.102. The van der Waals surface area contributed by atoms with Crippen molar-refractivity contribution in [3.63, 3.8) is 0 Å². The van der Waals surface area contributed by atoms with E-state index in [2.05, 4.69) is 10.1 Å². The number of halogens is 1. The first-order chi connectivity index (χ1) is 14.5. The minimum absolute atomic E-state index is 0.194. The number of hydrogen-bond donors (Lipinski definition) is 1. The fourth-order valence-corrected chi connectivity index (χ4v) is 3.64. The predicted octanol–water partition coefficient (Wildman–Crippen LogP) is 6.09. The largest absolute Gasteiger partial charge is 0.452 e. The number of thioether (sulfide) groups is 1. The number of rotatable bonds is 6. The van der Waals surface area contributed by atoms with Gasteiger partial charge in [0.15, 0.2) is 0 Å². The Labute approximate surface area is 185 Å². The molecular weight excluding hydrogens is 420 g/mol. The average molecular weight is 441 g/mol. The third-order valence-corrected chi connectivity index (χ3v) is 5.73. The van der Waals surface area contributed by atoms with Gasteiger partial charge in [-0.25, -0.2) is 4.79 Å². The summed E-state index contributed by atoms with van der Waals surface area (Å²) in [5, 5.41) is 3.58. The van der Waals surface area contributed by atoms with Gasteiger partial charge >= 0.3 is 6.09 Å². The number of benzene rings is 3. The van der Waals surface area contributed by atoms with Crippen molar-refractivity contribution < 1.29 is 14.3 Å². The quantitative estimate of drug-likeness (QED) is 0.471. The second-order valence-corrected chi connectivity index (χ2v) is 7.95. The molecule has 0 bridgehead atoms. The first kappa shape index (κ1) is 21.7. The molecular formula is C23H21ClN2O3S.